The summed E-state index contributed by atoms with van der Waals surface area (Å²) in [4.78, 5) is 38.1. The lowest BCUT2D eigenvalue weighted by Crippen LogP contribution is -2.15. The van der Waals surface area contributed by atoms with E-state index in [1.54, 1.807) is 24.3 Å². The summed E-state index contributed by atoms with van der Waals surface area (Å²) in [5.74, 6) is -1.80. The second-order valence-electron chi connectivity index (χ2n) is 7.42. The van der Waals surface area contributed by atoms with Gasteiger partial charge < -0.3 is 14.7 Å². The molecule has 0 spiro atoms. The Bertz CT molecular complexity index is 1020. The monoisotopic (exact) mass is 483 g/mol. The number of nitrogens with zero attached hydrogens (tertiary/aromatic N) is 1. The molecule has 7 nitrogen and oxygen atoms in total. The Balaban J connectivity index is 2.05. The highest BCUT2D eigenvalue weighted by atomic mass is 32.2. The lowest BCUT2D eigenvalue weighted by atomic mass is 10.0. The molecule has 0 aliphatic carbocycles. The second-order valence-corrected chi connectivity index (χ2v) is 8.57. The van der Waals surface area contributed by atoms with Crippen LogP contribution in [0.2, 0.25) is 0 Å². The molecule has 1 N–H and O–H groups in total. The zero-order valence-electron chi connectivity index (χ0n) is 19.6. The third kappa shape index (κ3) is 7.88. The van der Waals surface area contributed by atoms with Gasteiger partial charge in [0.25, 0.3) is 0 Å². The number of Topliss-reactive ketones (excluding diaryl/α,β-unsaturated/α-hetero) is 1. The first kappa shape index (κ1) is 26.9. The van der Waals surface area contributed by atoms with Gasteiger partial charge in [0.2, 0.25) is 5.78 Å². The van der Waals surface area contributed by atoms with E-state index in [0.29, 0.717) is 17.5 Å². The van der Waals surface area contributed by atoms with E-state index in [1.807, 2.05) is 24.3 Å². The van der Waals surface area contributed by atoms with Gasteiger partial charge in [0.05, 0.1) is 14.2 Å². The molecule has 34 heavy (non-hydrogen) atoms. The number of unbranched alkanes of at least 4 members (excludes halogenated alkanes) is 3. The van der Waals surface area contributed by atoms with Crippen molar-refractivity contribution in [3.8, 4) is 0 Å². The van der Waals surface area contributed by atoms with E-state index in [9.17, 15) is 19.6 Å². The van der Waals surface area contributed by atoms with E-state index in [2.05, 4.69) is 21.6 Å². The molecule has 2 aromatic rings. The molecule has 0 aliphatic rings. The largest absolute Gasteiger partial charge is 0.465 e. The van der Waals surface area contributed by atoms with Crippen LogP contribution in [0.25, 0.3) is 6.08 Å². The number of oxime groups is 1. The van der Waals surface area contributed by atoms with Gasteiger partial charge in [-0.1, -0.05) is 55.2 Å². The Labute approximate surface area is 203 Å². The van der Waals surface area contributed by atoms with Crippen LogP contribution in [-0.2, 0) is 19.1 Å². The molecule has 0 radical (unpaired) electrons. The van der Waals surface area contributed by atoms with E-state index in [-0.39, 0.29) is 17.1 Å². The van der Waals surface area contributed by atoms with Gasteiger partial charge in [-0.2, -0.15) is 0 Å². The number of hydrogen-bond acceptors (Lipinski definition) is 8. The molecule has 2 aromatic carbocycles. The third-order valence-electron chi connectivity index (χ3n) is 5.00. The Morgan fingerprint density at radius 1 is 0.882 bits per heavy atom. The van der Waals surface area contributed by atoms with Crippen LogP contribution >= 0.6 is 11.8 Å². The molecule has 0 saturated carbocycles. The minimum absolute atomic E-state index is 0.179. The summed E-state index contributed by atoms with van der Waals surface area (Å²) in [6.45, 7) is 2.11. The standard InChI is InChI=1S/C26H29NO6S/c1-4-5-6-7-8-23(27-31)24(28)19-11-15-21(16-12-19)34-20-13-9-18(10-14-20)17-22(25(29)32-2)26(30)33-3/h9-17,31H,4-8H2,1-3H3. The zero-order chi connectivity index (χ0) is 24.9. The predicted octanol–water partition coefficient (Wildman–Crippen LogP) is 5.55. The molecule has 8 heteroatoms. The molecule has 0 aromatic heterocycles. The normalized spacial score (nSPS) is 11.0. The molecule has 0 heterocycles. The van der Waals surface area contributed by atoms with Crippen molar-refractivity contribution in [2.24, 2.45) is 5.16 Å². The highest BCUT2D eigenvalue weighted by Crippen LogP contribution is 2.28. The predicted molar refractivity (Wildman–Crippen MR) is 131 cm³/mol. The molecule has 0 bridgehead atoms. The van der Waals surface area contributed by atoms with Gasteiger partial charge in [0.1, 0.15) is 11.3 Å². The maximum atomic E-state index is 12.6. The van der Waals surface area contributed by atoms with E-state index in [4.69, 9.17) is 0 Å². The van der Waals surface area contributed by atoms with Crippen LogP contribution in [0.15, 0.2) is 69.1 Å². The summed E-state index contributed by atoms with van der Waals surface area (Å²) in [5.41, 5.74) is 1.11. The van der Waals surface area contributed by atoms with E-state index in [1.165, 1.54) is 32.1 Å². The summed E-state index contributed by atoms with van der Waals surface area (Å²) >= 11 is 1.50. The van der Waals surface area contributed by atoms with Crippen molar-refractivity contribution in [3.63, 3.8) is 0 Å². The van der Waals surface area contributed by atoms with Gasteiger partial charge in [0.15, 0.2) is 0 Å². The molecule has 0 fully saturated rings. The third-order valence-corrected chi connectivity index (χ3v) is 6.02. The van der Waals surface area contributed by atoms with Crippen molar-refractivity contribution in [2.75, 3.05) is 14.2 Å². The SMILES string of the molecule is CCCCCCC(=NO)C(=O)c1ccc(Sc2ccc(C=C(C(=O)OC)C(=O)OC)cc2)cc1. The van der Waals surface area contributed by atoms with Gasteiger partial charge in [-0.15, -0.1) is 0 Å². The van der Waals surface area contributed by atoms with Crippen LogP contribution in [0.3, 0.4) is 0 Å². The van der Waals surface area contributed by atoms with Crippen molar-refractivity contribution in [3.05, 3.63) is 65.2 Å². The first-order valence-corrected chi connectivity index (χ1v) is 11.8. The van der Waals surface area contributed by atoms with Crippen LogP contribution in [0.1, 0.15) is 54.9 Å². The van der Waals surface area contributed by atoms with E-state index in [0.717, 1.165) is 35.5 Å². The molecule has 2 rings (SSSR count). The smallest absolute Gasteiger partial charge is 0.345 e. The van der Waals surface area contributed by atoms with Crippen molar-refractivity contribution in [2.45, 2.75) is 48.8 Å². The number of carbonyl (C=O) groups is 3. The van der Waals surface area contributed by atoms with Crippen molar-refractivity contribution < 1.29 is 29.1 Å². The highest BCUT2D eigenvalue weighted by molar-refractivity contribution is 7.99. The molecule has 180 valence electrons. The number of methoxy groups -OCH3 is 2. The number of carbonyl (C=O) groups excluding carboxylic acids is 3. The fraction of sp³-hybridized carbons (Fsp3) is 0.308. The average Bonchev–Trinajstić information content (AvgIpc) is 2.87. The highest BCUT2D eigenvalue weighted by Gasteiger charge is 2.19. The van der Waals surface area contributed by atoms with Crippen molar-refractivity contribution in [1.82, 2.24) is 0 Å². The fourth-order valence-corrected chi connectivity index (χ4v) is 3.94. The van der Waals surface area contributed by atoms with Crippen LogP contribution < -0.4 is 0 Å². The van der Waals surface area contributed by atoms with Gasteiger partial charge in [-0.3, -0.25) is 4.79 Å². The summed E-state index contributed by atoms with van der Waals surface area (Å²) in [6, 6.07) is 14.4. The lowest BCUT2D eigenvalue weighted by molar-refractivity contribution is -0.143. The Morgan fingerprint density at radius 3 is 1.94 bits per heavy atom. The summed E-state index contributed by atoms with van der Waals surface area (Å²) in [5, 5.41) is 12.5. The van der Waals surface area contributed by atoms with Gasteiger partial charge in [-0.05, 0) is 60.9 Å². The van der Waals surface area contributed by atoms with E-state index < -0.39 is 11.9 Å². The van der Waals surface area contributed by atoms with Crippen LogP contribution in [-0.4, -0.2) is 42.9 Å². The quantitative estimate of drug-likeness (QED) is 0.0486. The van der Waals surface area contributed by atoms with Crippen molar-refractivity contribution in [1.29, 1.82) is 0 Å². The molecule has 0 unspecified atom stereocenters. The minimum Gasteiger partial charge on any atom is -0.465 e. The number of hydrogen-bond donors (Lipinski definition) is 1. The Hall–Kier alpha value is -3.39. The number of esters is 2. The topological polar surface area (TPSA) is 102 Å². The van der Waals surface area contributed by atoms with E-state index >= 15 is 0 Å². The van der Waals surface area contributed by atoms with Gasteiger partial charge in [0, 0.05) is 15.4 Å². The second kappa shape index (κ2) is 14.0. The lowest BCUT2D eigenvalue weighted by Gasteiger charge is -2.07. The van der Waals surface area contributed by atoms with Crippen molar-refractivity contribution >= 4 is 41.3 Å². The average molecular weight is 484 g/mol. The minimum atomic E-state index is -0.768. The summed E-state index contributed by atoms with van der Waals surface area (Å²) < 4.78 is 9.26. The van der Waals surface area contributed by atoms with Crippen LogP contribution in [0.4, 0.5) is 0 Å². The fourth-order valence-electron chi connectivity index (χ4n) is 3.13. The number of benzene rings is 2. The zero-order valence-corrected chi connectivity index (χ0v) is 20.4. The maximum Gasteiger partial charge on any atom is 0.345 e. The number of ether oxygens (including phenoxy) is 2. The maximum absolute atomic E-state index is 12.6. The Kier molecular flexibility index (Phi) is 11.1. The molecule has 0 aliphatic heterocycles. The summed E-state index contributed by atoms with van der Waals surface area (Å²) in [6.07, 6.45) is 5.88. The van der Waals surface area contributed by atoms with Crippen LogP contribution in [0, 0.1) is 0 Å². The molecular formula is C26H29NO6S. The van der Waals surface area contributed by atoms with Crippen LogP contribution in [0.5, 0.6) is 0 Å². The van der Waals surface area contributed by atoms with Gasteiger partial charge >= 0.3 is 11.9 Å². The number of rotatable bonds is 12. The molecule has 0 saturated heterocycles. The molecular weight excluding hydrogens is 454 g/mol. The molecule has 0 amide bonds. The number of ketones is 1. The summed E-state index contributed by atoms with van der Waals surface area (Å²) in [7, 11) is 2.39. The molecule has 0 atom stereocenters. The first-order chi connectivity index (χ1) is 16.4. The Morgan fingerprint density at radius 2 is 1.44 bits per heavy atom. The first-order valence-electron chi connectivity index (χ1n) is 10.9. The van der Waals surface area contributed by atoms with Gasteiger partial charge in [-0.25, -0.2) is 9.59 Å².